The second-order valence-corrected chi connectivity index (χ2v) is 6.05. The molecule has 0 aliphatic heterocycles. The van der Waals surface area contributed by atoms with Gasteiger partial charge in [-0.15, -0.1) is 0 Å². The van der Waals surface area contributed by atoms with Crippen molar-refractivity contribution in [3.8, 4) is 0 Å². The highest BCUT2D eigenvalue weighted by Gasteiger charge is 2.28. The van der Waals surface area contributed by atoms with Crippen molar-refractivity contribution in [1.82, 2.24) is 0 Å². The zero-order valence-corrected chi connectivity index (χ0v) is 11.7. The van der Waals surface area contributed by atoms with Gasteiger partial charge >= 0.3 is 0 Å². The first-order chi connectivity index (χ1) is 8.72. The van der Waals surface area contributed by atoms with Crippen LogP contribution in [0.25, 0.3) is 0 Å². The van der Waals surface area contributed by atoms with E-state index in [0.717, 1.165) is 18.8 Å². The molecule has 0 amide bonds. The molecule has 0 heterocycles. The summed E-state index contributed by atoms with van der Waals surface area (Å²) in [7, 11) is 0. The summed E-state index contributed by atoms with van der Waals surface area (Å²) >= 11 is 0. The summed E-state index contributed by atoms with van der Waals surface area (Å²) in [5, 5.41) is 0. The van der Waals surface area contributed by atoms with E-state index in [0.29, 0.717) is 0 Å². The molecule has 0 spiro atoms. The first kappa shape index (κ1) is 13.6. The summed E-state index contributed by atoms with van der Waals surface area (Å²) in [6.07, 6.45) is 10.1. The zero-order chi connectivity index (χ0) is 12.8. The van der Waals surface area contributed by atoms with Crippen LogP contribution in [-0.2, 0) is 6.42 Å². The van der Waals surface area contributed by atoms with E-state index in [1.807, 2.05) is 0 Å². The van der Waals surface area contributed by atoms with Crippen molar-refractivity contribution in [2.24, 2.45) is 11.7 Å². The average molecular weight is 245 g/mol. The van der Waals surface area contributed by atoms with E-state index >= 15 is 0 Å². The van der Waals surface area contributed by atoms with Gasteiger partial charge in [-0.25, -0.2) is 0 Å². The Morgan fingerprint density at radius 1 is 1.17 bits per heavy atom. The van der Waals surface area contributed by atoms with Gasteiger partial charge in [0.1, 0.15) is 0 Å². The van der Waals surface area contributed by atoms with E-state index in [4.69, 9.17) is 5.73 Å². The summed E-state index contributed by atoms with van der Waals surface area (Å²) in [6.45, 7) is 2.32. The first-order valence-electron chi connectivity index (χ1n) is 7.55. The minimum absolute atomic E-state index is 0.0970. The highest BCUT2D eigenvalue weighted by Crippen LogP contribution is 2.33. The van der Waals surface area contributed by atoms with Gasteiger partial charge in [-0.1, -0.05) is 56.5 Å². The maximum absolute atomic E-state index is 6.62. The molecule has 2 unspecified atom stereocenters. The fourth-order valence-corrected chi connectivity index (χ4v) is 3.20. The van der Waals surface area contributed by atoms with Gasteiger partial charge in [-0.2, -0.15) is 0 Å². The van der Waals surface area contributed by atoms with Crippen molar-refractivity contribution in [2.75, 3.05) is 0 Å². The summed E-state index contributed by atoms with van der Waals surface area (Å²) in [4.78, 5) is 0. The Morgan fingerprint density at radius 2 is 1.94 bits per heavy atom. The minimum Gasteiger partial charge on any atom is -0.325 e. The Hall–Kier alpha value is -0.820. The van der Waals surface area contributed by atoms with Crippen LogP contribution in [0.3, 0.4) is 0 Å². The molecular formula is C17H27N. The van der Waals surface area contributed by atoms with Crippen LogP contribution in [0, 0.1) is 5.92 Å². The zero-order valence-electron chi connectivity index (χ0n) is 11.7. The molecule has 1 fully saturated rings. The highest BCUT2D eigenvalue weighted by molar-refractivity contribution is 5.15. The molecule has 2 N–H and O–H groups in total. The number of nitrogens with two attached hydrogens (primary N) is 1. The molecule has 1 aromatic rings. The molecule has 0 bridgehead atoms. The van der Waals surface area contributed by atoms with Crippen molar-refractivity contribution in [3.63, 3.8) is 0 Å². The molecule has 0 aromatic heterocycles. The first-order valence-corrected chi connectivity index (χ1v) is 7.55. The maximum Gasteiger partial charge on any atom is 0.0157 e. The van der Waals surface area contributed by atoms with E-state index in [2.05, 4.69) is 37.3 Å². The smallest absolute Gasteiger partial charge is 0.0157 e. The van der Waals surface area contributed by atoms with E-state index < -0.39 is 0 Å². The average Bonchev–Trinajstić information content (AvgIpc) is 2.60. The molecule has 1 nitrogen and oxygen atoms in total. The van der Waals surface area contributed by atoms with Gasteiger partial charge in [-0.3, -0.25) is 0 Å². The van der Waals surface area contributed by atoms with Crippen LogP contribution in [0.5, 0.6) is 0 Å². The van der Waals surface area contributed by atoms with Gasteiger partial charge in [0, 0.05) is 5.54 Å². The maximum atomic E-state index is 6.62. The molecule has 1 heteroatoms. The largest absolute Gasteiger partial charge is 0.325 e. The van der Waals surface area contributed by atoms with Crippen molar-refractivity contribution < 1.29 is 0 Å². The van der Waals surface area contributed by atoms with Crippen LogP contribution in [0.15, 0.2) is 30.3 Å². The van der Waals surface area contributed by atoms with Crippen molar-refractivity contribution in [3.05, 3.63) is 35.9 Å². The number of hydrogen-bond acceptors (Lipinski definition) is 1. The van der Waals surface area contributed by atoms with E-state index in [1.165, 1.54) is 44.1 Å². The second-order valence-electron chi connectivity index (χ2n) is 6.05. The summed E-state index contributed by atoms with van der Waals surface area (Å²) in [5.74, 6) is 0.923. The van der Waals surface area contributed by atoms with Gasteiger partial charge in [0.2, 0.25) is 0 Å². The monoisotopic (exact) mass is 245 g/mol. The third kappa shape index (κ3) is 3.84. The lowest BCUT2D eigenvalue weighted by Gasteiger charge is -2.28. The van der Waals surface area contributed by atoms with Gasteiger partial charge in [0.05, 0.1) is 0 Å². The molecule has 1 saturated carbocycles. The Labute approximate surface area is 112 Å². The van der Waals surface area contributed by atoms with Crippen molar-refractivity contribution in [1.29, 1.82) is 0 Å². The van der Waals surface area contributed by atoms with Crippen molar-refractivity contribution >= 4 is 0 Å². The summed E-state index contributed by atoms with van der Waals surface area (Å²) in [6, 6.07) is 10.8. The fourth-order valence-electron chi connectivity index (χ4n) is 3.20. The molecule has 100 valence electrons. The van der Waals surface area contributed by atoms with Gasteiger partial charge < -0.3 is 5.73 Å². The highest BCUT2D eigenvalue weighted by atomic mass is 14.7. The van der Waals surface area contributed by atoms with Crippen LogP contribution in [0.1, 0.15) is 57.4 Å². The minimum atomic E-state index is 0.0970. The number of rotatable bonds is 4. The lowest BCUT2D eigenvalue weighted by atomic mass is 9.85. The van der Waals surface area contributed by atoms with E-state index in [-0.39, 0.29) is 5.54 Å². The van der Waals surface area contributed by atoms with Gasteiger partial charge in [-0.05, 0) is 43.6 Å². The topological polar surface area (TPSA) is 26.0 Å². The van der Waals surface area contributed by atoms with E-state index in [1.54, 1.807) is 0 Å². The van der Waals surface area contributed by atoms with Crippen LogP contribution in [0.4, 0.5) is 0 Å². The lowest BCUT2D eigenvalue weighted by molar-refractivity contribution is 0.337. The lowest BCUT2D eigenvalue weighted by Crippen LogP contribution is -2.39. The summed E-state index contributed by atoms with van der Waals surface area (Å²) in [5.41, 5.74) is 8.15. The third-order valence-electron chi connectivity index (χ3n) is 4.67. The van der Waals surface area contributed by atoms with E-state index in [9.17, 15) is 0 Å². The number of aryl methyl sites for hydroxylation is 1. The SMILES string of the molecule is CCC1CCCC(N)(CCc2ccccc2)CC1. The van der Waals surface area contributed by atoms with Crippen LogP contribution in [-0.4, -0.2) is 5.54 Å². The Bertz CT molecular complexity index is 346. The van der Waals surface area contributed by atoms with Crippen LogP contribution < -0.4 is 5.73 Å². The predicted molar refractivity (Wildman–Crippen MR) is 78.5 cm³/mol. The molecule has 1 aliphatic rings. The number of benzene rings is 1. The Morgan fingerprint density at radius 3 is 2.67 bits per heavy atom. The normalized spacial score (nSPS) is 28.9. The summed E-state index contributed by atoms with van der Waals surface area (Å²) < 4.78 is 0. The molecule has 18 heavy (non-hydrogen) atoms. The number of hydrogen-bond donors (Lipinski definition) is 1. The second kappa shape index (κ2) is 6.38. The van der Waals surface area contributed by atoms with Gasteiger partial charge in [0.15, 0.2) is 0 Å². The van der Waals surface area contributed by atoms with Gasteiger partial charge in [0.25, 0.3) is 0 Å². The quantitative estimate of drug-likeness (QED) is 0.786. The van der Waals surface area contributed by atoms with Crippen molar-refractivity contribution in [2.45, 2.75) is 63.8 Å². The van der Waals surface area contributed by atoms with Crippen LogP contribution in [0.2, 0.25) is 0 Å². The molecule has 2 rings (SSSR count). The predicted octanol–water partition coefficient (Wildman–Crippen LogP) is 4.31. The fraction of sp³-hybridized carbons (Fsp3) is 0.647. The molecule has 2 atom stereocenters. The Kier molecular flexibility index (Phi) is 4.82. The molecule has 0 saturated heterocycles. The standard InChI is InChI=1S/C17H27N/c1-2-15-9-6-12-17(18,13-10-15)14-11-16-7-4-3-5-8-16/h3-5,7-8,15H,2,6,9-14,18H2,1H3. The molecule has 0 radical (unpaired) electrons. The molecule has 1 aromatic carbocycles. The molecule has 1 aliphatic carbocycles. The third-order valence-corrected chi connectivity index (χ3v) is 4.67. The molecular weight excluding hydrogens is 218 g/mol. The van der Waals surface area contributed by atoms with Crippen LogP contribution >= 0.6 is 0 Å². The Balaban J connectivity index is 1.87.